The van der Waals surface area contributed by atoms with E-state index in [0.717, 1.165) is 0 Å². The summed E-state index contributed by atoms with van der Waals surface area (Å²) in [6.45, 7) is 0.446. The van der Waals surface area contributed by atoms with Gasteiger partial charge in [-0.2, -0.15) is 13.2 Å². The molecule has 1 aliphatic rings. The van der Waals surface area contributed by atoms with Crippen molar-refractivity contribution in [3.63, 3.8) is 0 Å². The molecule has 15 heavy (non-hydrogen) atoms. The summed E-state index contributed by atoms with van der Waals surface area (Å²) in [4.78, 5) is 6.93. The molecule has 8 heteroatoms. The highest BCUT2D eigenvalue weighted by Gasteiger charge is 2.38. The molecular formula is C7H6Cl2F3N3. The van der Waals surface area contributed by atoms with E-state index in [9.17, 15) is 13.2 Å². The fourth-order valence-corrected chi connectivity index (χ4v) is 1.56. The SMILES string of the molecule is Cl.FC(F)(F)c1nc(Cl)nc2c1CNC2. The number of fused-ring (bicyclic) bond motifs is 1. The van der Waals surface area contributed by atoms with E-state index in [1.807, 2.05) is 0 Å². The van der Waals surface area contributed by atoms with E-state index in [1.54, 1.807) is 0 Å². The Morgan fingerprint density at radius 2 is 1.87 bits per heavy atom. The number of alkyl halides is 3. The molecule has 2 heterocycles. The molecule has 0 radical (unpaired) electrons. The fraction of sp³-hybridized carbons (Fsp3) is 0.429. The number of hydrogen-bond acceptors (Lipinski definition) is 3. The van der Waals surface area contributed by atoms with Crippen molar-refractivity contribution in [2.24, 2.45) is 0 Å². The first-order valence-corrected chi connectivity index (χ1v) is 4.19. The highest BCUT2D eigenvalue weighted by Crippen LogP contribution is 2.33. The highest BCUT2D eigenvalue weighted by atomic mass is 35.5. The van der Waals surface area contributed by atoms with E-state index in [0.29, 0.717) is 12.2 Å². The van der Waals surface area contributed by atoms with Crippen LogP contribution in [0.5, 0.6) is 0 Å². The van der Waals surface area contributed by atoms with E-state index in [4.69, 9.17) is 11.6 Å². The van der Waals surface area contributed by atoms with Gasteiger partial charge in [0.25, 0.3) is 0 Å². The third kappa shape index (κ3) is 2.32. The average Bonchev–Trinajstić information content (AvgIpc) is 2.47. The first kappa shape index (κ1) is 12.5. The van der Waals surface area contributed by atoms with Crippen LogP contribution in [-0.2, 0) is 19.3 Å². The molecule has 0 aromatic carbocycles. The topological polar surface area (TPSA) is 37.8 Å². The van der Waals surface area contributed by atoms with Crippen LogP contribution in [-0.4, -0.2) is 9.97 Å². The molecule has 84 valence electrons. The van der Waals surface area contributed by atoms with Gasteiger partial charge >= 0.3 is 6.18 Å². The Morgan fingerprint density at radius 1 is 1.20 bits per heavy atom. The number of nitrogens with one attached hydrogen (secondary N) is 1. The number of rotatable bonds is 0. The van der Waals surface area contributed by atoms with Crippen LogP contribution in [0.25, 0.3) is 0 Å². The third-order valence-electron chi connectivity index (χ3n) is 1.93. The summed E-state index contributed by atoms with van der Waals surface area (Å²) in [6.07, 6.45) is -4.47. The minimum Gasteiger partial charge on any atom is -0.307 e. The smallest absolute Gasteiger partial charge is 0.307 e. The maximum absolute atomic E-state index is 12.4. The third-order valence-corrected chi connectivity index (χ3v) is 2.10. The number of hydrogen-bond donors (Lipinski definition) is 1. The summed E-state index contributed by atoms with van der Waals surface area (Å²) >= 11 is 5.38. The molecule has 0 atom stereocenters. The van der Waals surface area contributed by atoms with E-state index in [1.165, 1.54) is 0 Å². The molecule has 2 rings (SSSR count). The Bertz CT molecular complexity index is 380. The van der Waals surface area contributed by atoms with Gasteiger partial charge in [-0.15, -0.1) is 12.4 Å². The largest absolute Gasteiger partial charge is 0.433 e. The van der Waals surface area contributed by atoms with Crippen LogP contribution in [0.4, 0.5) is 13.2 Å². The quantitative estimate of drug-likeness (QED) is 0.726. The lowest BCUT2D eigenvalue weighted by molar-refractivity contribution is -0.141. The van der Waals surface area contributed by atoms with Crippen molar-refractivity contribution in [1.29, 1.82) is 0 Å². The molecule has 0 amide bonds. The van der Waals surface area contributed by atoms with Crippen LogP contribution in [0.3, 0.4) is 0 Å². The first-order chi connectivity index (χ1) is 6.48. The molecule has 1 aliphatic heterocycles. The van der Waals surface area contributed by atoms with Crippen LogP contribution in [0, 0.1) is 0 Å². The van der Waals surface area contributed by atoms with Crippen LogP contribution < -0.4 is 5.32 Å². The van der Waals surface area contributed by atoms with Gasteiger partial charge in [-0.1, -0.05) is 0 Å². The van der Waals surface area contributed by atoms with Crippen molar-refractivity contribution in [3.05, 3.63) is 22.2 Å². The van der Waals surface area contributed by atoms with Crippen LogP contribution in [0.2, 0.25) is 5.28 Å². The molecule has 0 bridgehead atoms. The minimum absolute atomic E-state index is 0. The molecular weight excluding hydrogens is 254 g/mol. The summed E-state index contributed by atoms with van der Waals surface area (Å²) in [7, 11) is 0. The van der Waals surface area contributed by atoms with E-state index >= 15 is 0 Å². The van der Waals surface area contributed by atoms with Gasteiger partial charge in [0.05, 0.1) is 5.69 Å². The highest BCUT2D eigenvalue weighted by molar-refractivity contribution is 6.28. The summed E-state index contributed by atoms with van der Waals surface area (Å²) < 4.78 is 37.3. The van der Waals surface area contributed by atoms with E-state index < -0.39 is 11.9 Å². The van der Waals surface area contributed by atoms with Crippen molar-refractivity contribution in [2.75, 3.05) is 0 Å². The number of aromatic nitrogens is 2. The molecule has 0 saturated carbocycles. The minimum atomic E-state index is -4.47. The Balaban J connectivity index is 0.00000112. The zero-order valence-corrected chi connectivity index (χ0v) is 8.80. The van der Waals surface area contributed by atoms with Gasteiger partial charge in [-0.25, -0.2) is 9.97 Å². The predicted molar refractivity (Wildman–Crippen MR) is 49.8 cm³/mol. The normalized spacial score (nSPS) is 14.7. The molecule has 0 saturated heterocycles. The molecule has 0 aliphatic carbocycles. The lowest BCUT2D eigenvalue weighted by Gasteiger charge is -2.09. The molecule has 0 fully saturated rings. The first-order valence-electron chi connectivity index (χ1n) is 3.81. The van der Waals surface area contributed by atoms with Crippen molar-refractivity contribution in [2.45, 2.75) is 19.3 Å². The molecule has 0 spiro atoms. The average molecular weight is 260 g/mol. The van der Waals surface area contributed by atoms with Gasteiger partial charge in [-0.05, 0) is 11.6 Å². The summed E-state index contributed by atoms with van der Waals surface area (Å²) in [5, 5.41) is 2.40. The molecule has 0 unspecified atom stereocenters. The molecule has 1 aromatic heterocycles. The number of nitrogens with zero attached hydrogens (tertiary/aromatic N) is 2. The maximum Gasteiger partial charge on any atom is 0.433 e. The van der Waals surface area contributed by atoms with Crippen molar-refractivity contribution >= 4 is 24.0 Å². The zero-order chi connectivity index (χ0) is 10.3. The standard InChI is InChI=1S/C7H5ClF3N3.ClH/c8-6-13-4-2-12-1-3(4)5(14-6)7(9,10)11;/h12H,1-2H2;1H. The second-order valence-electron chi connectivity index (χ2n) is 2.87. The van der Waals surface area contributed by atoms with Crippen LogP contribution >= 0.6 is 24.0 Å². The Hall–Kier alpha value is -0.590. The summed E-state index contributed by atoms with van der Waals surface area (Å²) in [6, 6.07) is 0. The van der Waals surface area contributed by atoms with Gasteiger partial charge < -0.3 is 5.32 Å². The fourth-order valence-electron chi connectivity index (χ4n) is 1.37. The van der Waals surface area contributed by atoms with Crippen LogP contribution in [0.15, 0.2) is 0 Å². The Morgan fingerprint density at radius 3 is 2.47 bits per heavy atom. The predicted octanol–water partition coefficient (Wildman–Crippen LogP) is 2.17. The molecule has 3 nitrogen and oxygen atoms in total. The van der Waals surface area contributed by atoms with Gasteiger partial charge in [0, 0.05) is 18.7 Å². The molecule has 1 N–H and O–H groups in total. The van der Waals surface area contributed by atoms with E-state index in [-0.39, 0.29) is 29.8 Å². The second-order valence-corrected chi connectivity index (χ2v) is 3.21. The summed E-state index contributed by atoms with van der Waals surface area (Å²) in [5.74, 6) is 0. The summed E-state index contributed by atoms with van der Waals surface area (Å²) in [5.41, 5.74) is -0.503. The monoisotopic (exact) mass is 259 g/mol. The van der Waals surface area contributed by atoms with Crippen molar-refractivity contribution < 1.29 is 13.2 Å². The number of halogens is 5. The Kier molecular flexibility index (Phi) is 3.42. The van der Waals surface area contributed by atoms with Gasteiger partial charge in [0.15, 0.2) is 5.69 Å². The van der Waals surface area contributed by atoms with E-state index in [2.05, 4.69) is 15.3 Å². The lowest BCUT2D eigenvalue weighted by atomic mass is 10.2. The lowest BCUT2D eigenvalue weighted by Crippen LogP contribution is -2.13. The van der Waals surface area contributed by atoms with Gasteiger partial charge in [0.1, 0.15) is 0 Å². The molecule has 1 aromatic rings. The maximum atomic E-state index is 12.4. The van der Waals surface area contributed by atoms with Crippen molar-refractivity contribution in [1.82, 2.24) is 15.3 Å². The van der Waals surface area contributed by atoms with Gasteiger partial charge in [-0.3, -0.25) is 0 Å². The van der Waals surface area contributed by atoms with Crippen molar-refractivity contribution in [3.8, 4) is 0 Å². The second kappa shape index (κ2) is 4.11. The van der Waals surface area contributed by atoms with Gasteiger partial charge in [0.2, 0.25) is 5.28 Å². The Labute approximate surface area is 94.5 Å². The van der Waals surface area contributed by atoms with Crippen LogP contribution in [0.1, 0.15) is 17.0 Å². The zero-order valence-electron chi connectivity index (χ0n) is 7.23.